The number of rotatable bonds is 9. The number of hydrogen-bond donors (Lipinski definition) is 1. The summed E-state index contributed by atoms with van der Waals surface area (Å²) in [7, 11) is 1.61. The Hall–Kier alpha value is -2.82. The number of benzene rings is 2. The number of ether oxygens (including phenoxy) is 1. The fraction of sp³-hybridized carbons (Fsp3) is 0.440. The first-order chi connectivity index (χ1) is 14.2. The van der Waals surface area contributed by atoms with Crippen molar-refractivity contribution < 1.29 is 14.3 Å². The maximum absolute atomic E-state index is 13.3. The molecule has 0 bridgehead atoms. The van der Waals surface area contributed by atoms with Crippen molar-refractivity contribution in [1.82, 2.24) is 10.2 Å². The molecule has 0 aliphatic rings. The average molecular weight is 411 g/mol. The number of amides is 2. The van der Waals surface area contributed by atoms with E-state index in [4.69, 9.17) is 4.74 Å². The zero-order valence-electron chi connectivity index (χ0n) is 19.0. The third kappa shape index (κ3) is 6.61. The highest BCUT2D eigenvalue weighted by Gasteiger charge is 2.26. The van der Waals surface area contributed by atoms with Crippen LogP contribution in [0, 0.1) is 19.8 Å². The predicted molar refractivity (Wildman–Crippen MR) is 120 cm³/mol. The molecular weight excluding hydrogens is 376 g/mol. The van der Waals surface area contributed by atoms with Gasteiger partial charge < -0.3 is 15.0 Å². The molecule has 2 amide bonds. The summed E-state index contributed by atoms with van der Waals surface area (Å²) in [6.07, 6.45) is 0.257. The normalized spacial score (nSPS) is 11.8. The van der Waals surface area contributed by atoms with E-state index in [0.29, 0.717) is 19.0 Å². The third-order valence-corrected chi connectivity index (χ3v) is 5.27. The van der Waals surface area contributed by atoms with E-state index in [9.17, 15) is 9.59 Å². The molecule has 0 aliphatic carbocycles. The Labute approximate surface area is 180 Å². The van der Waals surface area contributed by atoms with Gasteiger partial charge in [-0.3, -0.25) is 9.59 Å². The van der Waals surface area contributed by atoms with Crippen molar-refractivity contribution in [1.29, 1.82) is 0 Å². The van der Waals surface area contributed by atoms with Crippen LogP contribution in [-0.2, 0) is 22.6 Å². The molecule has 1 atom stereocenters. The second kappa shape index (κ2) is 10.8. The Morgan fingerprint density at radius 3 is 2.37 bits per heavy atom. The van der Waals surface area contributed by atoms with Gasteiger partial charge in [0.2, 0.25) is 11.8 Å². The van der Waals surface area contributed by atoms with Crippen LogP contribution in [0.15, 0.2) is 42.5 Å². The summed E-state index contributed by atoms with van der Waals surface area (Å²) in [5.74, 6) is 0.860. The van der Waals surface area contributed by atoms with Crippen molar-refractivity contribution in [2.24, 2.45) is 5.92 Å². The Kier molecular flexibility index (Phi) is 8.46. The number of carbonyl (C=O) groups is 2. The van der Waals surface area contributed by atoms with E-state index in [-0.39, 0.29) is 18.2 Å². The van der Waals surface area contributed by atoms with Crippen LogP contribution in [0.2, 0.25) is 0 Å². The number of aryl methyl sites for hydroxylation is 2. The SMILES string of the molecule is COc1cccc(CN(C(=O)Cc2ccc(C)c(C)c2)[C@H](C)C(=O)NCC(C)C)c1. The van der Waals surface area contributed by atoms with Crippen LogP contribution >= 0.6 is 0 Å². The molecule has 0 radical (unpaired) electrons. The summed E-state index contributed by atoms with van der Waals surface area (Å²) < 4.78 is 5.31. The van der Waals surface area contributed by atoms with Crippen molar-refractivity contribution in [3.63, 3.8) is 0 Å². The lowest BCUT2D eigenvalue weighted by molar-refractivity contribution is -0.140. The van der Waals surface area contributed by atoms with Crippen LogP contribution in [0.1, 0.15) is 43.0 Å². The Balaban J connectivity index is 2.24. The fourth-order valence-corrected chi connectivity index (χ4v) is 3.19. The minimum absolute atomic E-state index is 0.0757. The Morgan fingerprint density at radius 2 is 1.73 bits per heavy atom. The topological polar surface area (TPSA) is 58.6 Å². The van der Waals surface area contributed by atoms with E-state index < -0.39 is 6.04 Å². The maximum Gasteiger partial charge on any atom is 0.242 e. The molecule has 0 fully saturated rings. The first-order valence-electron chi connectivity index (χ1n) is 10.5. The smallest absolute Gasteiger partial charge is 0.242 e. The van der Waals surface area contributed by atoms with Gasteiger partial charge in [-0.1, -0.05) is 44.2 Å². The van der Waals surface area contributed by atoms with E-state index in [0.717, 1.165) is 22.4 Å². The number of nitrogens with one attached hydrogen (secondary N) is 1. The van der Waals surface area contributed by atoms with Gasteiger partial charge in [-0.25, -0.2) is 0 Å². The monoisotopic (exact) mass is 410 g/mol. The molecule has 5 heteroatoms. The highest BCUT2D eigenvalue weighted by atomic mass is 16.5. The zero-order chi connectivity index (χ0) is 22.3. The summed E-state index contributed by atoms with van der Waals surface area (Å²) in [6, 6.07) is 13.1. The van der Waals surface area contributed by atoms with Gasteiger partial charge in [-0.15, -0.1) is 0 Å². The van der Waals surface area contributed by atoms with Gasteiger partial charge >= 0.3 is 0 Å². The summed E-state index contributed by atoms with van der Waals surface area (Å²) in [4.78, 5) is 27.6. The third-order valence-electron chi connectivity index (χ3n) is 5.27. The fourth-order valence-electron chi connectivity index (χ4n) is 3.19. The number of nitrogens with zero attached hydrogens (tertiary/aromatic N) is 1. The second-order valence-corrected chi connectivity index (χ2v) is 8.28. The van der Waals surface area contributed by atoms with Crippen molar-refractivity contribution in [3.05, 3.63) is 64.7 Å². The molecular formula is C25H34N2O3. The summed E-state index contributed by atoms with van der Waals surface area (Å²) in [5, 5.41) is 2.95. The first kappa shape index (κ1) is 23.5. The molecule has 0 spiro atoms. The van der Waals surface area contributed by atoms with Gasteiger partial charge in [-0.05, 0) is 61.1 Å². The lowest BCUT2D eigenvalue weighted by Crippen LogP contribution is -2.48. The van der Waals surface area contributed by atoms with Crippen molar-refractivity contribution >= 4 is 11.8 Å². The molecule has 5 nitrogen and oxygen atoms in total. The molecule has 1 N–H and O–H groups in total. The van der Waals surface area contributed by atoms with Crippen LogP contribution in [0.5, 0.6) is 5.75 Å². The molecule has 162 valence electrons. The van der Waals surface area contributed by atoms with Crippen molar-refractivity contribution in [2.45, 2.75) is 53.6 Å². The predicted octanol–water partition coefficient (Wildman–Crippen LogP) is 4.04. The molecule has 0 aliphatic heterocycles. The van der Waals surface area contributed by atoms with Gasteiger partial charge in [0.25, 0.3) is 0 Å². The Morgan fingerprint density at radius 1 is 1.00 bits per heavy atom. The molecule has 0 saturated heterocycles. The van der Waals surface area contributed by atoms with Crippen LogP contribution in [-0.4, -0.2) is 36.4 Å². The highest BCUT2D eigenvalue weighted by molar-refractivity contribution is 5.88. The minimum Gasteiger partial charge on any atom is -0.497 e. The van der Waals surface area contributed by atoms with Gasteiger partial charge in [0.15, 0.2) is 0 Å². The molecule has 0 saturated carbocycles. The molecule has 0 heterocycles. The largest absolute Gasteiger partial charge is 0.497 e. The summed E-state index contributed by atoms with van der Waals surface area (Å²) >= 11 is 0. The van der Waals surface area contributed by atoms with Gasteiger partial charge in [0.05, 0.1) is 13.5 Å². The standard InChI is InChI=1S/C25H34N2O3/c1-17(2)15-26-25(29)20(5)27(16-22-8-7-9-23(13-22)30-6)24(28)14-21-11-10-18(3)19(4)12-21/h7-13,17,20H,14-16H2,1-6H3,(H,26,29)/t20-/m1/s1. The lowest BCUT2D eigenvalue weighted by atomic mass is 10.0. The highest BCUT2D eigenvalue weighted by Crippen LogP contribution is 2.18. The summed E-state index contributed by atoms with van der Waals surface area (Å²) in [6.45, 7) is 10.9. The average Bonchev–Trinajstić information content (AvgIpc) is 2.72. The van der Waals surface area contributed by atoms with Crippen LogP contribution in [0.4, 0.5) is 0 Å². The molecule has 2 aromatic carbocycles. The molecule has 30 heavy (non-hydrogen) atoms. The van der Waals surface area contributed by atoms with Gasteiger partial charge in [0, 0.05) is 13.1 Å². The first-order valence-corrected chi connectivity index (χ1v) is 10.5. The number of carbonyl (C=O) groups excluding carboxylic acids is 2. The molecule has 2 aromatic rings. The second-order valence-electron chi connectivity index (χ2n) is 8.28. The lowest BCUT2D eigenvalue weighted by Gasteiger charge is -2.29. The van der Waals surface area contributed by atoms with E-state index in [1.165, 1.54) is 5.56 Å². The van der Waals surface area contributed by atoms with Crippen LogP contribution < -0.4 is 10.1 Å². The molecule has 0 unspecified atom stereocenters. The summed E-state index contributed by atoms with van der Waals surface area (Å²) in [5.41, 5.74) is 4.23. The van der Waals surface area contributed by atoms with E-state index in [1.54, 1.807) is 18.9 Å². The number of methoxy groups -OCH3 is 1. The quantitative estimate of drug-likeness (QED) is 0.679. The molecule has 2 rings (SSSR count). The van der Waals surface area contributed by atoms with Gasteiger partial charge in [0.1, 0.15) is 11.8 Å². The van der Waals surface area contributed by atoms with Gasteiger partial charge in [-0.2, -0.15) is 0 Å². The van der Waals surface area contributed by atoms with E-state index in [1.807, 2.05) is 63.2 Å². The maximum atomic E-state index is 13.3. The zero-order valence-corrected chi connectivity index (χ0v) is 19.0. The number of hydrogen-bond acceptors (Lipinski definition) is 3. The van der Waals surface area contributed by atoms with E-state index >= 15 is 0 Å². The van der Waals surface area contributed by atoms with Crippen LogP contribution in [0.3, 0.4) is 0 Å². The molecule has 0 aromatic heterocycles. The van der Waals surface area contributed by atoms with Crippen molar-refractivity contribution in [2.75, 3.05) is 13.7 Å². The van der Waals surface area contributed by atoms with Crippen LogP contribution in [0.25, 0.3) is 0 Å². The Bertz CT molecular complexity index is 876. The van der Waals surface area contributed by atoms with E-state index in [2.05, 4.69) is 12.2 Å². The van der Waals surface area contributed by atoms with Crippen molar-refractivity contribution in [3.8, 4) is 5.75 Å². The minimum atomic E-state index is -0.575.